The first-order valence-electron chi connectivity index (χ1n) is 9.44. The predicted molar refractivity (Wildman–Crippen MR) is 113 cm³/mol. The van der Waals surface area contributed by atoms with Gasteiger partial charge in [-0.25, -0.2) is 4.79 Å². The maximum Gasteiger partial charge on any atom is 0.322 e. The summed E-state index contributed by atoms with van der Waals surface area (Å²) in [5.74, 6) is 0.962. The molecule has 1 aromatic heterocycles. The van der Waals surface area contributed by atoms with Crippen LogP contribution in [0.5, 0.6) is 0 Å². The fraction of sp³-hybridized carbons (Fsp3) is 0.286. The fourth-order valence-electron chi connectivity index (χ4n) is 3.40. The number of benzene rings is 2. The van der Waals surface area contributed by atoms with E-state index in [1.165, 1.54) is 0 Å². The van der Waals surface area contributed by atoms with Gasteiger partial charge in [0.2, 0.25) is 11.7 Å². The summed E-state index contributed by atoms with van der Waals surface area (Å²) in [4.78, 5) is 19.2. The summed E-state index contributed by atoms with van der Waals surface area (Å²) in [7, 11) is 0. The van der Waals surface area contributed by atoms with Crippen LogP contribution in [0.2, 0.25) is 10.0 Å². The van der Waals surface area contributed by atoms with Crippen molar-refractivity contribution in [1.82, 2.24) is 15.0 Å². The van der Waals surface area contributed by atoms with Crippen molar-refractivity contribution in [3.63, 3.8) is 0 Å². The first-order chi connectivity index (χ1) is 14.0. The summed E-state index contributed by atoms with van der Waals surface area (Å²) in [6.45, 7) is 2.63. The van der Waals surface area contributed by atoms with E-state index < -0.39 is 0 Å². The van der Waals surface area contributed by atoms with Gasteiger partial charge in [0.1, 0.15) is 6.04 Å². The molecule has 1 N–H and O–H groups in total. The molecule has 1 aliphatic heterocycles. The molecular weight excluding hydrogens is 411 g/mol. The number of nitrogens with zero attached hydrogens (tertiary/aromatic N) is 3. The van der Waals surface area contributed by atoms with Gasteiger partial charge >= 0.3 is 6.03 Å². The SMILES string of the molecule is Cc1ccc(-c2noc(C3CCCCN3C(=O)Nc3ccc(Cl)cc3Cl)n2)cc1. The van der Waals surface area contributed by atoms with Gasteiger partial charge in [-0.2, -0.15) is 4.98 Å². The number of aromatic nitrogens is 2. The summed E-state index contributed by atoms with van der Waals surface area (Å²) in [6, 6.07) is 12.3. The minimum absolute atomic E-state index is 0.256. The fourth-order valence-corrected chi connectivity index (χ4v) is 3.86. The number of carbonyl (C=O) groups is 1. The lowest BCUT2D eigenvalue weighted by Crippen LogP contribution is -2.41. The lowest BCUT2D eigenvalue weighted by atomic mass is 10.0. The Morgan fingerprint density at radius 1 is 1.17 bits per heavy atom. The molecule has 0 bridgehead atoms. The summed E-state index contributed by atoms with van der Waals surface area (Å²) < 4.78 is 5.53. The van der Waals surface area contributed by atoms with Crippen molar-refractivity contribution in [2.24, 2.45) is 0 Å². The van der Waals surface area contributed by atoms with Crippen LogP contribution in [0.25, 0.3) is 11.4 Å². The third-order valence-electron chi connectivity index (χ3n) is 4.97. The molecule has 0 spiro atoms. The van der Waals surface area contributed by atoms with Crippen molar-refractivity contribution in [3.05, 3.63) is 64.0 Å². The molecule has 1 saturated heterocycles. The van der Waals surface area contributed by atoms with Crippen LogP contribution in [0.4, 0.5) is 10.5 Å². The lowest BCUT2D eigenvalue weighted by Gasteiger charge is -2.33. The monoisotopic (exact) mass is 430 g/mol. The van der Waals surface area contributed by atoms with E-state index in [0.29, 0.717) is 34.0 Å². The molecule has 8 heteroatoms. The first kappa shape index (κ1) is 19.7. The highest BCUT2D eigenvalue weighted by Crippen LogP contribution is 2.33. The van der Waals surface area contributed by atoms with Crippen molar-refractivity contribution in [2.75, 3.05) is 11.9 Å². The number of likely N-dealkylation sites (tertiary alicyclic amines) is 1. The number of anilines is 1. The van der Waals surface area contributed by atoms with Gasteiger partial charge in [0.15, 0.2) is 0 Å². The van der Waals surface area contributed by atoms with Crippen LogP contribution in [-0.4, -0.2) is 27.6 Å². The largest absolute Gasteiger partial charge is 0.337 e. The molecule has 1 aliphatic rings. The number of piperidine rings is 1. The van der Waals surface area contributed by atoms with Gasteiger partial charge in [0.25, 0.3) is 0 Å². The van der Waals surface area contributed by atoms with Gasteiger partial charge in [-0.1, -0.05) is 58.2 Å². The molecule has 4 rings (SSSR count). The van der Waals surface area contributed by atoms with Gasteiger partial charge in [0.05, 0.1) is 10.7 Å². The summed E-state index contributed by atoms with van der Waals surface area (Å²) in [5.41, 5.74) is 2.55. The Balaban J connectivity index is 1.54. The predicted octanol–water partition coefficient (Wildman–Crippen LogP) is 6.11. The second kappa shape index (κ2) is 8.43. The minimum Gasteiger partial charge on any atom is -0.337 e. The van der Waals surface area contributed by atoms with Crippen LogP contribution in [0.3, 0.4) is 0 Å². The number of hydrogen-bond donors (Lipinski definition) is 1. The Bertz CT molecular complexity index is 1020. The average Bonchev–Trinajstić information content (AvgIpc) is 3.20. The second-order valence-electron chi connectivity index (χ2n) is 7.08. The molecule has 0 aliphatic carbocycles. The standard InChI is InChI=1S/C21H20Cl2N4O2/c1-13-5-7-14(8-6-13)19-25-20(29-26-19)18-4-2-3-11-27(18)21(28)24-17-10-9-15(22)12-16(17)23/h5-10,12,18H,2-4,11H2,1H3,(H,24,28). The molecule has 0 radical (unpaired) electrons. The molecule has 150 valence electrons. The van der Waals surface area contributed by atoms with Crippen LogP contribution in [0, 0.1) is 6.92 Å². The smallest absolute Gasteiger partial charge is 0.322 e. The van der Waals surface area contributed by atoms with Crippen molar-refractivity contribution in [3.8, 4) is 11.4 Å². The molecule has 1 fully saturated rings. The van der Waals surface area contributed by atoms with E-state index in [2.05, 4.69) is 15.5 Å². The minimum atomic E-state index is -0.276. The number of urea groups is 1. The molecule has 0 saturated carbocycles. The van der Waals surface area contributed by atoms with Crippen LogP contribution in [-0.2, 0) is 0 Å². The zero-order valence-corrected chi connectivity index (χ0v) is 17.4. The van der Waals surface area contributed by atoms with Gasteiger partial charge in [-0.05, 0) is 44.4 Å². The van der Waals surface area contributed by atoms with Gasteiger partial charge in [0, 0.05) is 17.1 Å². The van der Waals surface area contributed by atoms with Crippen molar-refractivity contribution in [2.45, 2.75) is 32.2 Å². The highest BCUT2D eigenvalue weighted by Gasteiger charge is 2.32. The highest BCUT2D eigenvalue weighted by molar-refractivity contribution is 6.36. The van der Waals surface area contributed by atoms with E-state index in [1.54, 1.807) is 23.1 Å². The summed E-state index contributed by atoms with van der Waals surface area (Å²) in [6.07, 6.45) is 2.66. The summed E-state index contributed by atoms with van der Waals surface area (Å²) >= 11 is 12.1. The van der Waals surface area contributed by atoms with Gasteiger partial charge < -0.3 is 14.7 Å². The normalized spacial score (nSPS) is 16.7. The quantitative estimate of drug-likeness (QED) is 0.543. The molecule has 2 aromatic carbocycles. The Hall–Kier alpha value is -2.57. The van der Waals surface area contributed by atoms with Crippen molar-refractivity contribution in [1.29, 1.82) is 0 Å². The number of halogens is 2. The molecule has 6 nitrogen and oxygen atoms in total. The third kappa shape index (κ3) is 4.38. The molecule has 2 heterocycles. The average molecular weight is 431 g/mol. The van der Waals surface area contributed by atoms with E-state index in [0.717, 1.165) is 30.4 Å². The highest BCUT2D eigenvalue weighted by atomic mass is 35.5. The zero-order chi connectivity index (χ0) is 20.4. The van der Waals surface area contributed by atoms with Crippen LogP contribution in [0.1, 0.15) is 36.8 Å². The Morgan fingerprint density at radius 2 is 1.97 bits per heavy atom. The Labute approximate surface area is 178 Å². The number of hydrogen-bond acceptors (Lipinski definition) is 4. The second-order valence-corrected chi connectivity index (χ2v) is 7.93. The third-order valence-corrected chi connectivity index (χ3v) is 5.52. The van der Waals surface area contributed by atoms with E-state index in [1.807, 2.05) is 31.2 Å². The molecule has 1 unspecified atom stereocenters. The van der Waals surface area contributed by atoms with Crippen LogP contribution in [0.15, 0.2) is 47.0 Å². The lowest BCUT2D eigenvalue weighted by molar-refractivity contribution is 0.142. The van der Waals surface area contributed by atoms with E-state index in [-0.39, 0.29) is 12.1 Å². The maximum atomic E-state index is 12.9. The van der Waals surface area contributed by atoms with Crippen molar-refractivity contribution >= 4 is 34.9 Å². The van der Waals surface area contributed by atoms with Gasteiger partial charge in [-0.3, -0.25) is 0 Å². The van der Waals surface area contributed by atoms with Crippen LogP contribution < -0.4 is 5.32 Å². The number of nitrogens with one attached hydrogen (secondary N) is 1. The van der Waals surface area contributed by atoms with Gasteiger partial charge in [-0.15, -0.1) is 0 Å². The number of rotatable bonds is 3. The topological polar surface area (TPSA) is 71.3 Å². The zero-order valence-electron chi connectivity index (χ0n) is 15.9. The van der Waals surface area contributed by atoms with E-state index in [4.69, 9.17) is 27.7 Å². The molecule has 29 heavy (non-hydrogen) atoms. The van der Waals surface area contributed by atoms with Crippen molar-refractivity contribution < 1.29 is 9.32 Å². The van der Waals surface area contributed by atoms with E-state index in [9.17, 15) is 4.79 Å². The van der Waals surface area contributed by atoms with Crippen LogP contribution >= 0.6 is 23.2 Å². The van der Waals surface area contributed by atoms with E-state index >= 15 is 0 Å². The number of aryl methyl sites for hydroxylation is 1. The number of amides is 2. The maximum absolute atomic E-state index is 12.9. The Kier molecular flexibility index (Phi) is 5.74. The molecular formula is C21H20Cl2N4O2. The first-order valence-corrected chi connectivity index (χ1v) is 10.2. The summed E-state index contributed by atoms with van der Waals surface area (Å²) in [5, 5.41) is 7.87. The molecule has 3 aromatic rings. The molecule has 1 atom stereocenters. The Morgan fingerprint density at radius 3 is 2.72 bits per heavy atom. The number of carbonyl (C=O) groups excluding carboxylic acids is 1. The molecule has 2 amide bonds.